The van der Waals surface area contributed by atoms with Gasteiger partial charge in [0.05, 0.1) is 23.2 Å². The van der Waals surface area contributed by atoms with Crippen LogP contribution in [0.2, 0.25) is 0 Å². The van der Waals surface area contributed by atoms with E-state index >= 15 is 0 Å². The normalized spacial score (nSPS) is 20.8. The number of rotatable bonds is 5. The van der Waals surface area contributed by atoms with Gasteiger partial charge in [-0.2, -0.15) is 10.2 Å². The Morgan fingerprint density at radius 3 is 1.40 bits per heavy atom. The van der Waals surface area contributed by atoms with E-state index in [0.29, 0.717) is 11.4 Å². The predicted octanol–water partition coefficient (Wildman–Crippen LogP) is 5.46. The molecule has 35 heavy (non-hydrogen) atoms. The molecule has 6 nitrogen and oxygen atoms in total. The lowest BCUT2D eigenvalue weighted by molar-refractivity contribution is -0.122. The summed E-state index contributed by atoms with van der Waals surface area (Å²) in [6, 6.07) is 25.2. The molecule has 6 heteroatoms. The smallest absolute Gasteiger partial charge is 0.256 e. The van der Waals surface area contributed by atoms with Crippen molar-refractivity contribution in [3.63, 3.8) is 0 Å². The van der Waals surface area contributed by atoms with E-state index in [4.69, 9.17) is 0 Å². The van der Waals surface area contributed by atoms with E-state index in [1.165, 1.54) is 10.0 Å². The maximum absolute atomic E-state index is 13.8. The minimum absolute atomic E-state index is 0.130. The molecule has 3 aromatic carbocycles. The van der Waals surface area contributed by atoms with Crippen LogP contribution in [-0.4, -0.2) is 23.2 Å². The Labute approximate surface area is 205 Å². The lowest BCUT2D eigenvalue weighted by Crippen LogP contribution is -2.40. The predicted molar refractivity (Wildman–Crippen MR) is 140 cm³/mol. The third kappa shape index (κ3) is 4.05. The highest BCUT2D eigenvalue weighted by Gasteiger charge is 2.50. The Balaban J connectivity index is 1.54. The van der Waals surface area contributed by atoms with Crippen LogP contribution >= 0.6 is 0 Å². The summed E-state index contributed by atoms with van der Waals surface area (Å²) in [5.41, 5.74) is 5.97. The molecule has 176 valence electrons. The number of benzene rings is 3. The molecule has 2 amide bonds. The average Bonchev–Trinajstić information content (AvgIpc) is 3.31. The average molecular weight is 465 g/mol. The van der Waals surface area contributed by atoms with Gasteiger partial charge in [0.15, 0.2) is 0 Å². The fraction of sp³-hybridized carbons (Fsp3) is 0.241. The summed E-state index contributed by atoms with van der Waals surface area (Å²) >= 11 is 0. The van der Waals surface area contributed by atoms with Crippen molar-refractivity contribution in [2.75, 3.05) is 10.0 Å². The topological polar surface area (TPSA) is 65.3 Å². The van der Waals surface area contributed by atoms with Crippen molar-refractivity contribution in [2.45, 2.75) is 33.6 Å². The first-order chi connectivity index (χ1) is 16.8. The summed E-state index contributed by atoms with van der Waals surface area (Å²) in [6.07, 6.45) is 0. The Hall–Kier alpha value is -4.06. The molecule has 0 radical (unpaired) electrons. The minimum Gasteiger partial charge on any atom is -0.272 e. The van der Waals surface area contributed by atoms with Crippen molar-refractivity contribution in [2.24, 2.45) is 22.0 Å². The molecule has 2 atom stereocenters. The molecule has 2 heterocycles. The highest BCUT2D eigenvalue weighted by molar-refractivity contribution is 6.19. The molecule has 0 saturated heterocycles. The van der Waals surface area contributed by atoms with Crippen LogP contribution in [0.5, 0.6) is 0 Å². The maximum atomic E-state index is 13.8. The van der Waals surface area contributed by atoms with Crippen molar-refractivity contribution >= 4 is 34.6 Å². The van der Waals surface area contributed by atoms with Gasteiger partial charge in [0.1, 0.15) is 0 Å². The van der Waals surface area contributed by atoms with Gasteiger partial charge in [-0.3, -0.25) is 9.59 Å². The number of carbonyl (C=O) groups excluding carboxylic acids is 2. The van der Waals surface area contributed by atoms with Crippen molar-refractivity contribution < 1.29 is 9.59 Å². The van der Waals surface area contributed by atoms with Crippen LogP contribution < -0.4 is 10.0 Å². The first-order valence-corrected chi connectivity index (χ1v) is 11.8. The Bertz CT molecular complexity index is 1240. The van der Waals surface area contributed by atoms with E-state index < -0.39 is 17.8 Å². The number of aryl methyl sites for hydroxylation is 2. The second-order valence-corrected chi connectivity index (χ2v) is 9.35. The second-order valence-electron chi connectivity index (χ2n) is 9.35. The van der Waals surface area contributed by atoms with Gasteiger partial charge in [-0.05, 0) is 57.5 Å². The summed E-state index contributed by atoms with van der Waals surface area (Å²) < 4.78 is 0. The van der Waals surface area contributed by atoms with Crippen molar-refractivity contribution in [3.05, 3.63) is 95.6 Å². The Kier molecular flexibility index (Phi) is 5.81. The van der Waals surface area contributed by atoms with Crippen LogP contribution in [0.15, 0.2) is 89.1 Å². The number of carbonyl (C=O) groups is 2. The zero-order valence-corrected chi connectivity index (χ0v) is 20.3. The van der Waals surface area contributed by atoms with E-state index in [1.54, 1.807) is 0 Å². The number of hydrogen-bond acceptors (Lipinski definition) is 4. The SMILES string of the molecule is CC1=NN(c2ccc(C)cc2)C(=O)C1C(c1ccccc1)C1C(=O)N(c2ccc(C)cc2)N=C1C. The molecule has 5 rings (SSSR count). The van der Waals surface area contributed by atoms with E-state index in [2.05, 4.69) is 10.2 Å². The van der Waals surface area contributed by atoms with E-state index in [1.807, 2.05) is 107 Å². The van der Waals surface area contributed by atoms with Gasteiger partial charge in [0.25, 0.3) is 11.8 Å². The molecule has 0 N–H and O–H groups in total. The summed E-state index contributed by atoms with van der Waals surface area (Å²) in [4.78, 5) is 27.6. The number of hydrogen-bond donors (Lipinski definition) is 0. The third-order valence-electron chi connectivity index (χ3n) is 6.83. The molecule has 2 unspecified atom stereocenters. The van der Waals surface area contributed by atoms with Gasteiger partial charge in [-0.1, -0.05) is 65.7 Å². The summed E-state index contributed by atoms with van der Waals surface area (Å²) in [5.74, 6) is -1.83. The van der Waals surface area contributed by atoms with Gasteiger partial charge in [0.2, 0.25) is 0 Å². The molecule has 0 aliphatic carbocycles. The third-order valence-corrected chi connectivity index (χ3v) is 6.83. The van der Waals surface area contributed by atoms with Crippen LogP contribution in [0.25, 0.3) is 0 Å². The summed E-state index contributed by atoms with van der Waals surface area (Å²) in [5, 5.41) is 12.2. The van der Waals surface area contributed by atoms with Gasteiger partial charge in [-0.15, -0.1) is 0 Å². The molecule has 2 aliphatic heterocycles. The Morgan fingerprint density at radius 1 is 0.600 bits per heavy atom. The molecule has 0 bridgehead atoms. The van der Waals surface area contributed by atoms with Crippen LogP contribution in [0, 0.1) is 25.7 Å². The zero-order valence-electron chi connectivity index (χ0n) is 20.3. The molecule has 0 spiro atoms. The molecular weight excluding hydrogens is 436 g/mol. The highest BCUT2D eigenvalue weighted by atomic mass is 16.2. The molecule has 0 aromatic heterocycles. The quantitative estimate of drug-likeness (QED) is 0.503. The number of amides is 2. The van der Waals surface area contributed by atoms with Gasteiger partial charge >= 0.3 is 0 Å². The number of anilines is 2. The van der Waals surface area contributed by atoms with Crippen LogP contribution in [0.4, 0.5) is 11.4 Å². The number of hydrazone groups is 2. The molecule has 3 aromatic rings. The zero-order chi connectivity index (χ0) is 24.7. The van der Waals surface area contributed by atoms with E-state index in [-0.39, 0.29) is 11.8 Å². The highest BCUT2D eigenvalue weighted by Crippen LogP contribution is 2.42. The van der Waals surface area contributed by atoms with Crippen LogP contribution in [0.3, 0.4) is 0 Å². The van der Waals surface area contributed by atoms with Crippen LogP contribution in [-0.2, 0) is 9.59 Å². The fourth-order valence-electron chi connectivity index (χ4n) is 4.98. The first kappa shape index (κ1) is 22.7. The minimum atomic E-state index is -0.573. The second kappa shape index (κ2) is 8.95. The molecule has 2 aliphatic rings. The lowest BCUT2D eigenvalue weighted by atomic mass is 9.73. The van der Waals surface area contributed by atoms with Crippen molar-refractivity contribution in [1.82, 2.24) is 0 Å². The largest absolute Gasteiger partial charge is 0.272 e. The molecule has 0 fully saturated rings. The van der Waals surface area contributed by atoms with Crippen molar-refractivity contribution in [1.29, 1.82) is 0 Å². The Morgan fingerprint density at radius 2 is 1.00 bits per heavy atom. The van der Waals surface area contributed by atoms with Gasteiger partial charge < -0.3 is 0 Å². The lowest BCUT2D eigenvalue weighted by Gasteiger charge is -2.28. The summed E-state index contributed by atoms with van der Waals surface area (Å²) in [7, 11) is 0. The van der Waals surface area contributed by atoms with E-state index in [0.717, 1.165) is 28.1 Å². The standard InChI is InChI=1S/C29H28N4O2/c1-18-10-14-23(15-11-18)32-28(34)25(20(3)30-32)27(22-8-6-5-7-9-22)26-21(4)31-33(29(26)35)24-16-12-19(2)13-17-24/h5-17,25-27H,1-4H3. The maximum Gasteiger partial charge on any atom is 0.256 e. The molecular formula is C29H28N4O2. The number of nitrogens with zero attached hydrogens (tertiary/aromatic N) is 4. The van der Waals surface area contributed by atoms with Gasteiger partial charge in [-0.25, -0.2) is 10.0 Å². The van der Waals surface area contributed by atoms with Gasteiger partial charge in [0, 0.05) is 17.3 Å². The first-order valence-electron chi connectivity index (χ1n) is 11.8. The fourth-order valence-corrected chi connectivity index (χ4v) is 4.98. The molecule has 0 saturated carbocycles. The van der Waals surface area contributed by atoms with E-state index in [9.17, 15) is 9.59 Å². The van der Waals surface area contributed by atoms with Crippen LogP contribution in [0.1, 0.15) is 36.5 Å². The summed E-state index contributed by atoms with van der Waals surface area (Å²) in [6.45, 7) is 7.75. The monoisotopic (exact) mass is 464 g/mol. The van der Waals surface area contributed by atoms with Crippen molar-refractivity contribution in [3.8, 4) is 0 Å².